The number of hydrogen-bond acceptors (Lipinski definition) is 1. The van der Waals surface area contributed by atoms with Gasteiger partial charge in [-0.05, 0) is 11.1 Å². The van der Waals surface area contributed by atoms with Crippen LogP contribution in [0.5, 0.6) is 0 Å². The van der Waals surface area contributed by atoms with E-state index in [2.05, 4.69) is 38.2 Å². The first-order chi connectivity index (χ1) is 6.17. The number of allylic oxidation sites excluding steroid dienone is 6. The zero-order chi connectivity index (χ0) is 9.10. The Bertz CT molecular complexity index is 363. The monoisotopic (exact) mass is 172 g/mol. The number of ether oxygens (including phenoxy) is 1. The van der Waals surface area contributed by atoms with Crippen LogP contribution in [0, 0.1) is 10.8 Å². The van der Waals surface area contributed by atoms with Crippen molar-refractivity contribution < 1.29 is 4.74 Å². The Labute approximate surface area is 78.1 Å². The average molecular weight is 172 g/mol. The molecule has 1 heteroatoms. The van der Waals surface area contributed by atoms with Crippen LogP contribution in [0.3, 0.4) is 0 Å². The van der Waals surface area contributed by atoms with Crippen LogP contribution in [0.4, 0.5) is 0 Å². The van der Waals surface area contributed by atoms with E-state index in [4.69, 9.17) is 4.74 Å². The van der Waals surface area contributed by atoms with Gasteiger partial charge in [-0.1, -0.05) is 38.2 Å². The topological polar surface area (TPSA) is 9.23 Å². The zero-order valence-electron chi connectivity index (χ0n) is 7.87. The fraction of sp³-hybridized carbons (Fsp3) is 0.333. The highest BCUT2D eigenvalue weighted by molar-refractivity contribution is 5.56. The second-order valence-corrected chi connectivity index (χ2v) is 4.36. The molecule has 66 valence electrons. The molecule has 0 spiro atoms. The van der Waals surface area contributed by atoms with E-state index in [-0.39, 0.29) is 10.8 Å². The van der Waals surface area contributed by atoms with Gasteiger partial charge < -0.3 is 4.74 Å². The maximum Gasteiger partial charge on any atom is 0.0942 e. The van der Waals surface area contributed by atoms with Crippen molar-refractivity contribution in [2.24, 2.45) is 10.8 Å². The van der Waals surface area contributed by atoms with Crippen molar-refractivity contribution in [2.75, 3.05) is 0 Å². The molecule has 0 radical (unpaired) electrons. The highest BCUT2D eigenvalue weighted by Gasteiger charge is 2.53. The SMILES string of the molecule is CC12C=CC3=COC=C(C=C1)C32C. The van der Waals surface area contributed by atoms with Gasteiger partial charge in [-0.25, -0.2) is 0 Å². The summed E-state index contributed by atoms with van der Waals surface area (Å²) in [6.07, 6.45) is 12.6. The second kappa shape index (κ2) is 1.82. The molecule has 0 fully saturated rings. The van der Waals surface area contributed by atoms with Crippen LogP contribution in [-0.2, 0) is 4.74 Å². The van der Waals surface area contributed by atoms with Crippen LogP contribution in [0.2, 0.25) is 0 Å². The summed E-state index contributed by atoms with van der Waals surface area (Å²) in [7, 11) is 0. The van der Waals surface area contributed by atoms with Crippen LogP contribution in [0.25, 0.3) is 0 Å². The minimum Gasteiger partial charge on any atom is -0.472 e. The molecule has 0 N–H and O–H groups in total. The summed E-state index contributed by atoms with van der Waals surface area (Å²) in [6, 6.07) is 0. The zero-order valence-corrected chi connectivity index (χ0v) is 7.87. The second-order valence-electron chi connectivity index (χ2n) is 4.36. The molecule has 0 aromatic heterocycles. The van der Waals surface area contributed by atoms with Gasteiger partial charge in [0.05, 0.1) is 12.5 Å². The lowest BCUT2D eigenvalue weighted by Crippen LogP contribution is -2.31. The molecule has 0 saturated heterocycles. The third-order valence-electron chi connectivity index (χ3n) is 3.84. The molecule has 0 aromatic rings. The van der Waals surface area contributed by atoms with Crippen molar-refractivity contribution in [3.05, 3.63) is 48.0 Å². The van der Waals surface area contributed by atoms with Gasteiger partial charge in [0.25, 0.3) is 0 Å². The van der Waals surface area contributed by atoms with E-state index in [0.717, 1.165) is 0 Å². The first-order valence-corrected chi connectivity index (χ1v) is 4.62. The minimum absolute atomic E-state index is 0.130. The molecule has 1 aliphatic heterocycles. The first-order valence-electron chi connectivity index (χ1n) is 4.62. The molecule has 0 saturated carbocycles. The Morgan fingerprint density at radius 1 is 1.00 bits per heavy atom. The van der Waals surface area contributed by atoms with Crippen molar-refractivity contribution in [3.8, 4) is 0 Å². The summed E-state index contributed by atoms with van der Waals surface area (Å²) in [5.74, 6) is 0. The van der Waals surface area contributed by atoms with Gasteiger partial charge in [-0.3, -0.25) is 0 Å². The smallest absolute Gasteiger partial charge is 0.0942 e. The van der Waals surface area contributed by atoms with Gasteiger partial charge >= 0.3 is 0 Å². The maximum atomic E-state index is 5.30. The molecule has 2 aliphatic carbocycles. The molecule has 3 aliphatic rings. The quantitative estimate of drug-likeness (QED) is 0.546. The first kappa shape index (κ1) is 7.19. The molecule has 13 heavy (non-hydrogen) atoms. The molecular weight excluding hydrogens is 160 g/mol. The Morgan fingerprint density at radius 3 is 2.08 bits per heavy atom. The lowest BCUT2D eigenvalue weighted by atomic mass is 9.66. The lowest BCUT2D eigenvalue weighted by molar-refractivity contribution is 0.274. The van der Waals surface area contributed by atoms with E-state index in [1.807, 2.05) is 12.5 Å². The van der Waals surface area contributed by atoms with Crippen molar-refractivity contribution in [2.45, 2.75) is 13.8 Å². The number of rotatable bonds is 0. The normalized spacial score (nSPS) is 44.2. The van der Waals surface area contributed by atoms with Crippen LogP contribution in [0.1, 0.15) is 13.8 Å². The standard InChI is InChI=1S/C12H12O/c1-11-5-3-9-7-13-8-10(4-6-11)12(9,11)2/h3-8H,1-2H3. The van der Waals surface area contributed by atoms with Gasteiger partial charge in [0.1, 0.15) is 0 Å². The van der Waals surface area contributed by atoms with Gasteiger partial charge in [-0.2, -0.15) is 0 Å². The van der Waals surface area contributed by atoms with E-state index in [0.29, 0.717) is 0 Å². The Kier molecular flexibility index (Phi) is 1.00. The Morgan fingerprint density at radius 2 is 1.54 bits per heavy atom. The molecule has 0 atom stereocenters. The Balaban J connectivity index is 2.31. The molecule has 3 rings (SSSR count). The molecule has 1 heterocycles. The van der Waals surface area contributed by atoms with Crippen LogP contribution < -0.4 is 0 Å². The predicted molar refractivity (Wildman–Crippen MR) is 51.7 cm³/mol. The van der Waals surface area contributed by atoms with Crippen LogP contribution in [-0.4, -0.2) is 0 Å². The van der Waals surface area contributed by atoms with Gasteiger partial charge in [0.15, 0.2) is 0 Å². The van der Waals surface area contributed by atoms with Crippen LogP contribution >= 0.6 is 0 Å². The van der Waals surface area contributed by atoms with E-state index >= 15 is 0 Å². The van der Waals surface area contributed by atoms with E-state index in [1.165, 1.54) is 11.1 Å². The summed E-state index contributed by atoms with van der Waals surface area (Å²) in [5.41, 5.74) is 2.87. The van der Waals surface area contributed by atoms with Crippen molar-refractivity contribution >= 4 is 0 Å². The molecule has 1 nitrogen and oxygen atoms in total. The molecule has 0 bridgehead atoms. The van der Waals surface area contributed by atoms with Crippen molar-refractivity contribution in [1.82, 2.24) is 0 Å². The summed E-state index contributed by atoms with van der Waals surface area (Å²) in [4.78, 5) is 0. The van der Waals surface area contributed by atoms with Gasteiger partial charge in [0, 0.05) is 10.8 Å². The fourth-order valence-corrected chi connectivity index (χ4v) is 2.53. The highest BCUT2D eigenvalue weighted by Crippen LogP contribution is 2.61. The third kappa shape index (κ3) is 0.579. The average Bonchev–Trinajstić information content (AvgIpc) is 2.53. The van der Waals surface area contributed by atoms with E-state index in [1.54, 1.807) is 0 Å². The fourth-order valence-electron chi connectivity index (χ4n) is 2.53. The molecule has 0 unspecified atom stereocenters. The molecular formula is C12H12O. The summed E-state index contributed by atoms with van der Waals surface area (Å²) >= 11 is 0. The Hall–Kier alpha value is -1.24. The summed E-state index contributed by atoms with van der Waals surface area (Å²) in [6.45, 7) is 4.56. The minimum atomic E-state index is 0.130. The molecule has 0 amide bonds. The van der Waals surface area contributed by atoms with E-state index in [9.17, 15) is 0 Å². The van der Waals surface area contributed by atoms with Gasteiger partial charge in [0.2, 0.25) is 0 Å². The van der Waals surface area contributed by atoms with Crippen molar-refractivity contribution in [3.63, 3.8) is 0 Å². The summed E-state index contributed by atoms with van der Waals surface area (Å²) < 4.78 is 5.30. The largest absolute Gasteiger partial charge is 0.472 e. The van der Waals surface area contributed by atoms with Crippen molar-refractivity contribution in [1.29, 1.82) is 0 Å². The number of hydrogen-bond donors (Lipinski definition) is 0. The predicted octanol–water partition coefficient (Wildman–Crippen LogP) is 2.94. The molecule has 0 aromatic carbocycles. The third-order valence-corrected chi connectivity index (χ3v) is 3.84. The summed E-state index contributed by atoms with van der Waals surface area (Å²) in [5, 5.41) is 0. The maximum absolute atomic E-state index is 5.30. The van der Waals surface area contributed by atoms with Crippen LogP contribution in [0.15, 0.2) is 48.0 Å². The van der Waals surface area contributed by atoms with E-state index < -0.39 is 0 Å². The van der Waals surface area contributed by atoms with Gasteiger partial charge in [-0.15, -0.1) is 0 Å². The highest BCUT2D eigenvalue weighted by atomic mass is 16.5. The lowest BCUT2D eigenvalue weighted by Gasteiger charge is -2.37.